The summed E-state index contributed by atoms with van der Waals surface area (Å²) in [4.78, 5) is 21.4. The molecule has 4 nitrogen and oxygen atoms in total. The van der Waals surface area contributed by atoms with Crippen molar-refractivity contribution in [3.05, 3.63) is 24.3 Å². The summed E-state index contributed by atoms with van der Waals surface area (Å²) < 4.78 is 2.17. The van der Waals surface area contributed by atoms with Gasteiger partial charge in [0.15, 0.2) is 4.34 Å². The molecule has 1 aliphatic rings. The van der Waals surface area contributed by atoms with Crippen molar-refractivity contribution < 1.29 is 4.79 Å². The summed E-state index contributed by atoms with van der Waals surface area (Å²) in [6.45, 7) is 9.31. The molecule has 0 atom stereocenters. The number of nitrogens with zero attached hydrogens (tertiary/aromatic N) is 3. The second kappa shape index (κ2) is 7.64. The third kappa shape index (κ3) is 4.46. The van der Waals surface area contributed by atoms with Crippen molar-refractivity contribution in [2.45, 2.75) is 18.2 Å². The summed E-state index contributed by atoms with van der Waals surface area (Å²) in [6, 6.07) is 8.12. The van der Waals surface area contributed by atoms with Crippen LogP contribution in [0.25, 0.3) is 10.2 Å². The fourth-order valence-corrected chi connectivity index (χ4v) is 4.80. The Bertz CT molecular complexity index is 630. The normalized spacial score (nSPS) is 16.4. The zero-order valence-corrected chi connectivity index (χ0v) is 15.3. The molecule has 1 aromatic heterocycles. The molecule has 3 rings (SSSR count). The van der Waals surface area contributed by atoms with Crippen LogP contribution in [0.4, 0.5) is 0 Å². The number of hydrogen-bond acceptors (Lipinski definition) is 5. The second-order valence-corrected chi connectivity index (χ2v) is 8.56. The molecule has 0 spiro atoms. The fourth-order valence-electron chi connectivity index (χ4n) is 2.82. The summed E-state index contributed by atoms with van der Waals surface area (Å²) >= 11 is 3.23. The van der Waals surface area contributed by atoms with Gasteiger partial charge in [-0.05, 0) is 18.1 Å². The van der Waals surface area contributed by atoms with E-state index in [-0.39, 0.29) is 5.91 Å². The third-order valence-electron chi connectivity index (χ3n) is 3.94. The van der Waals surface area contributed by atoms with Gasteiger partial charge in [-0.1, -0.05) is 37.7 Å². The molecule has 1 saturated heterocycles. The van der Waals surface area contributed by atoms with E-state index in [1.807, 2.05) is 23.1 Å². The minimum Gasteiger partial charge on any atom is -0.339 e. The Hall–Kier alpha value is -1.11. The molecule has 0 N–H and O–H groups in total. The highest BCUT2D eigenvalue weighted by Crippen LogP contribution is 2.29. The number of amides is 1. The monoisotopic (exact) mass is 349 g/mol. The lowest BCUT2D eigenvalue weighted by Crippen LogP contribution is -2.49. The predicted molar refractivity (Wildman–Crippen MR) is 98.2 cm³/mol. The number of carbonyl (C=O) groups excluding carboxylic acids is 1. The molecule has 0 saturated carbocycles. The average Bonchev–Trinajstić information content (AvgIpc) is 2.95. The Morgan fingerprint density at radius 1 is 1.26 bits per heavy atom. The van der Waals surface area contributed by atoms with Crippen molar-refractivity contribution in [3.63, 3.8) is 0 Å². The maximum atomic E-state index is 12.4. The van der Waals surface area contributed by atoms with E-state index in [2.05, 4.69) is 29.8 Å². The quantitative estimate of drug-likeness (QED) is 0.777. The molecule has 124 valence electrons. The lowest BCUT2D eigenvalue weighted by atomic mass is 10.2. The van der Waals surface area contributed by atoms with Crippen LogP contribution in [0.5, 0.6) is 0 Å². The van der Waals surface area contributed by atoms with E-state index in [4.69, 9.17) is 0 Å². The van der Waals surface area contributed by atoms with Crippen molar-refractivity contribution in [1.82, 2.24) is 14.8 Å². The van der Waals surface area contributed by atoms with E-state index in [1.54, 1.807) is 23.1 Å². The zero-order valence-electron chi connectivity index (χ0n) is 13.7. The van der Waals surface area contributed by atoms with Gasteiger partial charge >= 0.3 is 0 Å². The van der Waals surface area contributed by atoms with E-state index in [1.165, 1.54) is 4.70 Å². The van der Waals surface area contributed by atoms with Crippen molar-refractivity contribution in [2.24, 2.45) is 5.92 Å². The van der Waals surface area contributed by atoms with Crippen LogP contribution in [0.3, 0.4) is 0 Å². The van der Waals surface area contributed by atoms with Crippen molar-refractivity contribution in [2.75, 3.05) is 38.5 Å². The van der Waals surface area contributed by atoms with Gasteiger partial charge in [-0.15, -0.1) is 11.3 Å². The topological polar surface area (TPSA) is 36.4 Å². The van der Waals surface area contributed by atoms with Gasteiger partial charge in [-0.2, -0.15) is 0 Å². The zero-order chi connectivity index (χ0) is 16.2. The van der Waals surface area contributed by atoms with Crippen molar-refractivity contribution in [3.8, 4) is 0 Å². The minimum atomic E-state index is 0.235. The molecular weight excluding hydrogens is 326 g/mol. The smallest absolute Gasteiger partial charge is 0.233 e. The highest BCUT2D eigenvalue weighted by molar-refractivity contribution is 8.01. The number of para-hydroxylation sites is 1. The van der Waals surface area contributed by atoms with Gasteiger partial charge in [-0.25, -0.2) is 4.98 Å². The van der Waals surface area contributed by atoms with Crippen LogP contribution in [-0.2, 0) is 4.79 Å². The van der Waals surface area contributed by atoms with Gasteiger partial charge in [0.2, 0.25) is 5.91 Å². The van der Waals surface area contributed by atoms with Crippen LogP contribution in [0.2, 0.25) is 0 Å². The summed E-state index contributed by atoms with van der Waals surface area (Å²) in [5, 5.41) is 0. The molecule has 1 amide bonds. The molecule has 1 aromatic carbocycles. The number of benzene rings is 1. The Labute approximate surface area is 145 Å². The fraction of sp³-hybridized carbons (Fsp3) is 0.529. The first kappa shape index (κ1) is 16.7. The van der Waals surface area contributed by atoms with E-state index in [0.717, 1.165) is 42.6 Å². The molecule has 0 aliphatic carbocycles. The third-order valence-corrected chi connectivity index (χ3v) is 6.11. The van der Waals surface area contributed by atoms with Gasteiger partial charge in [0.25, 0.3) is 0 Å². The van der Waals surface area contributed by atoms with Crippen LogP contribution in [-0.4, -0.2) is 59.2 Å². The molecule has 1 fully saturated rings. The van der Waals surface area contributed by atoms with E-state index >= 15 is 0 Å². The summed E-state index contributed by atoms with van der Waals surface area (Å²) in [7, 11) is 0. The van der Waals surface area contributed by atoms with Crippen LogP contribution in [0, 0.1) is 5.92 Å². The van der Waals surface area contributed by atoms with Crippen molar-refractivity contribution in [1.29, 1.82) is 0 Å². The van der Waals surface area contributed by atoms with E-state index in [9.17, 15) is 4.79 Å². The first-order valence-corrected chi connectivity index (χ1v) is 9.90. The van der Waals surface area contributed by atoms with E-state index < -0.39 is 0 Å². The number of hydrogen-bond donors (Lipinski definition) is 0. The highest BCUT2D eigenvalue weighted by Gasteiger charge is 2.21. The molecule has 0 unspecified atom stereocenters. The number of thioether (sulfide) groups is 1. The van der Waals surface area contributed by atoms with Crippen molar-refractivity contribution >= 4 is 39.2 Å². The Morgan fingerprint density at radius 2 is 2.00 bits per heavy atom. The molecule has 23 heavy (non-hydrogen) atoms. The number of carbonyl (C=O) groups is 1. The maximum absolute atomic E-state index is 12.4. The molecule has 2 heterocycles. The van der Waals surface area contributed by atoms with Crippen LogP contribution < -0.4 is 0 Å². The molecule has 1 aliphatic heterocycles. The summed E-state index contributed by atoms with van der Waals surface area (Å²) in [5.41, 5.74) is 1.02. The molecule has 0 bridgehead atoms. The Balaban J connectivity index is 1.48. The number of thiazole rings is 1. The van der Waals surface area contributed by atoms with Crippen LogP contribution >= 0.6 is 23.1 Å². The Morgan fingerprint density at radius 3 is 2.70 bits per heavy atom. The summed E-state index contributed by atoms with van der Waals surface area (Å²) in [5.74, 6) is 1.41. The molecule has 2 aromatic rings. The first-order chi connectivity index (χ1) is 11.1. The molecular formula is C17H23N3OS2. The van der Waals surface area contributed by atoms with Gasteiger partial charge in [0.1, 0.15) is 0 Å². The second-order valence-electron chi connectivity index (χ2n) is 6.31. The number of aromatic nitrogens is 1. The molecule has 0 radical (unpaired) electrons. The van der Waals surface area contributed by atoms with Gasteiger partial charge in [-0.3, -0.25) is 9.69 Å². The Kier molecular flexibility index (Phi) is 5.56. The maximum Gasteiger partial charge on any atom is 0.233 e. The highest BCUT2D eigenvalue weighted by atomic mass is 32.2. The first-order valence-electron chi connectivity index (χ1n) is 8.10. The minimum absolute atomic E-state index is 0.235. The number of fused-ring (bicyclic) bond motifs is 1. The van der Waals surface area contributed by atoms with Gasteiger partial charge < -0.3 is 4.90 Å². The van der Waals surface area contributed by atoms with Crippen LogP contribution in [0.15, 0.2) is 28.6 Å². The van der Waals surface area contributed by atoms with Crippen LogP contribution in [0.1, 0.15) is 13.8 Å². The number of rotatable bonds is 5. The molecule has 6 heteroatoms. The average molecular weight is 350 g/mol. The van der Waals surface area contributed by atoms with Gasteiger partial charge in [0.05, 0.1) is 16.0 Å². The lowest BCUT2D eigenvalue weighted by molar-refractivity contribution is -0.130. The summed E-state index contributed by atoms with van der Waals surface area (Å²) in [6.07, 6.45) is 0. The largest absolute Gasteiger partial charge is 0.339 e. The predicted octanol–water partition coefficient (Wildman–Crippen LogP) is 3.19. The SMILES string of the molecule is CC(C)CN1CCN(C(=O)CSc2nc3ccccc3s2)CC1. The lowest BCUT2D eigenvalue weighted by Gasteiger charge is -2.35. The van der Waals surface area contributed by atoms with E-state index in [0.29, 0.717) is 11.7 Å². The standard InChI is InChI=1S/C17H23N3OS2/c1-13(2)11-19-7-9-20(10-8-19)16(21)12-22-17-18-14-5-3-4-6-15(14)23-17/h3-6,13H,7-12H2,1-2H3. The van der Waals surface area contributed by atoms with Gasteiger partial charge in [0, 0.05) is 32.7 Å². The number of piperazine rings is 1.